The van der Waals surface area contributed by atoms with Crippen LogP contribution in [0.15, 0.2) is 30.3 Å². The lowest BCUT2D eigenvalue weighted by atomic mass is 10.2. The average molecular weight is 187 g/mol. The van der Waals surface area contributed by atoms with Crippen LogP contribution in [-0.4, -0.2) is 11.4 Å². The Kier molecular flexibility index (Phi) is 2.02. The Balaban J connectivity index is 2.55. The highest BCUT2D eigenvalue weighted by atomic mass is 16.1. The first-order valence-corrected chi connectivity index (χ1v) is 4.16. The molecule has 4 heteroatoms. The maximum atomic E-state index is 10.2. The number of pyridine rings is 1. The topological polar surface area (TPSA) is 68.0 Å². The summed E-state index contributed by atoms with van der Waals surface area (Å²) in [5, 5.41) is 3.45. The second-order valence-electron chi connectivity index (χ2n) is 2.91. The van der Waals surface area contributed by atoms with E-state index >= 15 is 0 Å². The van der Waals surface area contributed by atoms with Gasteiger partial charge in [0.25, 0.3) is 0 Å². The van der Waals surface area contributed by atoms with Crippen molar-refractivity contribution in [2.24, 2.45) is 0 Å². The van der Waals surface area contributed by atoms with Gasteiger partial charge in [-0.15, -0.1) is 0 Å². The zero-order valence-corrected chi connectivity index (χ0v) is 7.40. The van der Waals surface area contributed by atoms with Crippen LogP contribution < -0.4 is 11.1 Å². The SMILES string of the molecule is Nc1ccc2nc(NC=O)ccc2c1. The first kappa shape index (κ1) is 8.50. The van der Waals surface area contributed by atoms with Crippen molar-refractivity contribution in [3.05, 3.63) is 30.3 Å². The highest BCUT2D eigenvalue weighted by molar-refractivity contribution is 5.84. The van der Waals surface area contributed by atoms with Crippen LogP contribution in [0, 0.1) is 0 Å². The van der Waals surface area contributed by atoms with E-state index in [9.17, 15) is 4.79 Å². The summed E-state index contributed by atoms with van der Waals surface area (Å²) >= 11 is 0. The molecule has 0 aliphatic rings. The largest absolute Gasteiger partial charge is 0.399 e. The summed E-state index contributed by atoms with van der Waals surface area (Å²) in [6.45, 7) is 0. The second kappa shape index (κ2) is 3.33. The average Bonchev–Trinajstić information content (AvgIpc) is 2.19. The predicted octanol–water partition coefficient (Wildman–Crippen LogP) is 1.39. The van der Waals surface area contributed by atoms with E-state index in [1.54, 1.807) is 12.1 Å². The number of anilines is 2. The van der Waals surface area contributed by atoms with Crippen LogP contribution in [0.5, 0.6) is 0 Å². The molecule has 2 aromatic rings. The number of aromatic nitrogens is 1. The van der Waals surface area contributed by atoms with E-state index in [1.807, 2.05) is 18.2 Å². The van der Waals surface area contributed by atoms with Crippen molar-refractivity contribution in [1.82, 2.24) is 4.98 Å². The summed E-state index contributed by atoms with van der Waals surface area (Å²) in [5.74, 6) is 0.539. The Morgan fingerprint density at radius 2 is 2.14 bits per heavy atom. The molecule has 0 saturated carbocycles. The zero-order chi connectivity index (χ0) is 9.97. The number of nitrogen functional groups attached to an aromatic ring is 1. The summed E-state index contributed by atoms with van der Waals surface area (Å²) in [6, 6.07) is 9.04. The number of hydrogen-bond acceptors (Lipinski definition) is 3. The van der Waals surface area contributed by atoms with Gasteiger partial charge in [0.1, 0.15) is 5.82 Å². The molecule has 0 aliphatic carbocycles. The van der Waals surface area contributed by atoms with Gasteiger partial charge in [0, 0.05) is 11.1 Å². The summed E-state index contributed by atoms with van der Waals surface area (Å²) in [7, 11) is 0. The Morgan fingerprint density at radius 3 is 2.93 bits per heavy atom. The molecule has 0 saturated heterocycles. The minimum Gasteiger partial charge on any atom is -0.399 e. The third kappa shape index (κ3) is 1.50. The number of nitrogens with zero attached hydrogens (tertiary/aromatic N) is 1. The van der Waals surface area contributed by atoms with Crippen LogP contribution in [0.2, 0.25) is 0 Å². The van der Waals surface area contributed by atoms with E-state index in [0.717, 1.165) is 10.9 Å². The Morgan fingerprint density at radius 1 is 1.29 bits per heavy atom. The highest BCUT2D eigenvalue weighted by Crippen LogP contribution is 2.17. The first-order valence-electron chi connectivity index (χ1n) is 4.16. The number of fused-ring (bicyclic) bond motifs is 1. The molecular weight excluding hydrogens is 178 g/mol. The molecule has 0 fully saturated rings. The van der Waals surface area contributed by atoms with Gasteiger partial charge >= 0.3 is 0 Å². The fraction of sp³-hybridized carbons (Fsp3) is 0. The summed E-state index contributed by atoms with van der Waals surface area (Å²) in [5.41, 5.74) is 7.14. The summed E-state index contributed by atoms with van der Waals surface area (Å²) in [4.78, 5) is 14.4. The van der Waals surface area contributed by atoms with Gasteiger partial charge in [-0.2, -0.15) is 0 Å². The normalized spacial score (nSPS) is 10.0. The second-order valence-corrected chi connectivity index (χ2v) is 2.91. The Bertz CT molecular complexity index is 482. The molecule has 0 bridgehead atoms. The molecule has 3 N–H and O–H groups in total. The van der Waals surface area contributed by atoms with Gasteiger partial charge in [-0.1, -0.05) is 0 Å². The minimum atomic E-state index is 0.539. The van der Waals surface area contributed by atoms with Crippen molar-refractivity contribution in [1.29, 1.82) is 0 Å². The molecule has 1 amide bonds. The molecule has 0 unspecified atom stereocenters. The lowest BCUT2D eigenvalue weighted by Gasteiger charge is -2.01. The van der Waals surface area contributed by atoms with Crippen LogP contribution in [-0.2, 0) is 4.79 Å². The number of rotatable bonds is 2. The van der Waals surface area contributed by atoms with Crippen molar-refractivity contribution in [3.63, 3.8) is 0 Å². The molecule has 1 aromatic heterocycles. The number of nitrogens with one attached hydrogen (secondary N) is 1. The monoisotopic (exact) mass is 187 g/mol. The van der Waals surface area contributed by atoms with E-state index in [1.165, 1.54) is 0 Å². The standard InChI is InChI=1S/C10H9N3O/c11-8-2-3-9-7(5-8)1-4-10(13-9)12-6-14/h1-6H,11H2,(H,12,13,14). The van der Waals surface area contributed by atoms with E-state index < -0.39 is 0 Å². The van der Waals surface area contributed by atoms with Crippen molar-refractivity contribution in [2.75, 3.05) is 11.1 Å². The number of carbonyl (C=O) groups excluding carboxylic acids is 1. The van der Waals surface area contributed by atoms with Gasteiger partial charge in [-0.25, -0.2) is 4.98 Å². The fourth-order valence-corrected chi connectivity index (χ4v) is 1.28. The van der Waals surface area contributed by atoms with E-state index in [0.29, 0.717) is 17.9 Å². The molecule has 1 heterocycles. The van der Waals surface area contributed by atoms with Gasteiger partial charge in [0.15, 0.2) is 0 Å². The quantitative estimate of drug-likeness (QED) is 0.551. The number of benzene rings is 1. The number of amides is 1. The molecule has 14 heavy (non-hydrogen) atoms. The van der Waals surface area contributed by atoms with Crippen molar-refractivity contribution in [2.45, 2.75) is 0 Å². The van der Waals surface area contributed by atoms with Crippen LogP contribution in [0.25, 0.3) is 10.9 Å². The van der Waals surface area contributed by atoms with E-state index in [4.69, 9.17) is 5.73 Å². The van der Waals surface area contributed by atoms with Crippen molar-refractivity contribution >= 4 is 28.8 Å². The highest BCUT2D eigenvalue weighted by Gasteiger charge is 1.97. The van der Waals surface area contributed by atoms with Gasteiger partial charge in [0.2, 0.25) is 6.41 Å². The van der Waals surface area contributed by atoms with E-state index in [2.05, 4.69) is 10.3 Å². The molecule has 70 valence electrons. The Hall–Kier alpha value is -2.10. The lowest BCUT2D eigenvalue weighted by molar-refractivity contribution is -0.105. The molecule has 4 nitrogen and oxygen atoms in total. The van der Waals surface area contributed by atoms with Gasteiger partial charge < -0.3 is 11.1 Å². The number of hydrogen-bond donors (Lipinski definition) is 2. The molecule has 2 rings (SSSR count). The molecular formula is C10H9N3O. The van der Waals surface area contributed by atoms with Gasteiger partial charge in [-0.3, -0.25) is 4.79 Å². The predicted molar refractivity (Wildman–Crippen MR) is 55.8 cm³/mol. The van der Waals surface area contributed by atoms with E-state index in [-0.39, 0.29) is 0 Å². The third-order valence-electron chi connectivity index (χ3n) is 1.92. The summed E-state index contributed by atoms with van der Waals surface area (Å²) < 4.78 is 0. The van der Waals surface area contributed by atoms with Crippen molar-refractivity contribution in [3.8, 4) is 0 Å². The van der Waals surface area contributed by atoms with Gasteiger partial charge in [-0.05, 0) is 30.3 Å². The van der Waals surface area contributed by atoms with Crippen molar-refractivity contribution < 1.29 is 4.79 Å². The lowest BCUT2D eigenvalue weighted by Crippen LogP contribution is -1.96. The van der Waals surface area contributed by atoms with Crippen LogP contribution in [0.1, 0.15) is 0 Å². The zero-order valence-electron chi connectivity index (χ0n) is 7.40. The smallest absolute Gasteiger partial charge is 0.212 e. The summed E-state index contributed by atoms with van der Waals surface area (Å²) in [6.07, 6.45) is 0.603. The number of nitrogens with two attached hydrogens (primary N) is 1. The molecule has 0 atom stereocenters. The van der Waals surface area contributed by atoms with Crippen LogP contribution in [0.3, 0.4) is 0 Å². The molecule has 0 aliphatic heterocycles. The minimum absolute atomic E-state index is 0.539. The Labute approximate surface area is 80.7 Å². The maximum Gasteiger partial charge on any atom is 0.212 e. The fourth-order valence-electron chi connectivity index (χ4n) is 1.28. The van der Waals surface area contributed by atoms with Crippen LogP contribution >= 0.6 is 0 Å². The molecule has 0 spiro atoms. The van der Waals surface area contributed by atoms with Crippen LogP contribution in [0.4, 0.5) is 11.5 Å². The molecule has 1 aromatic carbocycles. The number of carbonyl (C=O) groups is 1. The van der Waals surface area contributed by atoms with Gasteiger partial charge in [0.05, 0.1) is 5.52 Å². The first-order chi connectivity index (χ1) is 6.79. The maximum absolute atomic E-state index is 10.2. The third-order valence-corrected chi connectivity index (χ3v) is 1.92. The molecule has 0 radical (unpaired) electrons.